The highest BCUT2D eigenvalue weighted by atomic mass is 32.2. The lowest BCUT2D eigenvalue weighted by atomic mass is 10.1. The number of nitrogens with one attached hydrogen (secondary N) is 1. The highest BCUT2D eigenvalue weighted by Crippen LogP contribution is 2.23. The van der Waals surface area contributed by atoms with Crippen LogP contribution in [-0.4, -0.2) is 64.2 Å². The number of nitrogens with zero attached hydrogens (tertiary/aromatic N) is 2. The molecule has 0 spiro atoms. The van der Waals surface area contributed by atoms with Gasteiger partial charge in [-0.1, -0.05) is 43.3 Å². The molecule has 0 heterocycles. The van der Waals surface area contributed by atoms with Gasteiger partial charge in [0.2, 0.25) is 21.8 Å². The number of hydrogen-bond acceptors (Lipinski definition) is 5. The summed E-state index contributed by atoms with van der Waals surface area (Å²) in [4.78, 5) is 27.4. The van der Waals surface area contributed by atoms with E-state index in [0.29, 0.717) is 37.4 Å². The van der Waals surface area contributed by atoms with Crippen LogP contribution in [-0.2, 0) is 26.0 Å². The number of methoxy groups -OCH3 is 1. The van der Waals surface area contributed by atoms with Crippen LogP contribution in [0.5, 0.6) is 5.75 Å². The molecule has 8 nitrogen and oxygen atoms in total. The number of hydrogen-bond donors (Lipinski definition) is 1. The van der Waals surface area contributed by atoms with Gasteiger partial charge in [0.1, 0.15) is 11.8 Å². The van der Waals surface area contributed by atoms with Gasteiger partial charge in [-0.2, -0.15) is 0 Å². The molecule has 0 bridgehead atoms. The number of carbonyl (C=O) groups excluding carboxylic acids is 2. The van der Waals surface area contributed by atoms with Crippen LogP contribution in [0.3, 0.4) is 0 Å². The van der Waals surface area contributed by atoms with Crippen molar-refractivity contribution in [3.63, 3.8) is 0 Å². The molecule has 2 aromatic carbocycles. The highest BCUT2D eigenvalue weighted by molar-refractivity contribution is 7.92. The number of sulfonamides is 1. The van der Waals surface area contributed by atoms with Crippen LogP contribution < -0.4 is 14.4 Å². The van der Waals surface area contributed by atoms with Crippen LogP contribution in [0.25, 0.3) is 0 Å². The van der Waals surface area contributed by atoms with Gasteiger partial charge in [0, 0.05) is 32.1 Å². The molecule has 192 valence electrons. The number of anilines is 1. The van der Waals surface area contributed by atoms with Gasteiger partial charge in [-0.15, -0.1) is 0 Å². The van der Waals surface area contributed by atoms with Gasteiger partial charge >= 0.3 is 0 Å². The fourth-order valence-electron chi connectivity index (χ4n) is 3.74. The van der Waals surface area contributed by atoms with Gasteiger partial charge in [0.05, 0.1) is 19.1 Å². The summed E-state index contributed by atoms with van der Waals surface area (Å²) in [6.07, 6.45) is 3.00. The van der Waals surface area contributed by atoms with Crippen LogP contribution >= 0.6 is 0 Å². The lowest BCUT2D eigenvalue weighted by Gasteiger charge is -2.29. The molecule has 0 saturated heterocycles. The Bertz CT molecular complexity index is 1060. The monoisotopic (exact) mass is 503 g/mol. The molecule has 0 aliphatic heterocycles. The first-order valence-corrected chi connectivity index (χ1v) is 13.7. The van der Waals surface area contributed by atoms with Crippen molar-refractivity contribution in [2.24, 2.45) is 0 Å². The Labute approximate surface area is 209 Å². The average Bonchev–Trinajstić information content (AvgIpc) is 2.85. The molecule has 9 heteroatoms. The predicted octanol–water partition coefficient (Wildman–Crippen LogP) is 3.23. The van der Waals surface area contributed by atoms with Crippen molar-refractivity contribution >= 4 is 27.5 Å². The average molecular weight is 504 g/mol. The lowest BCUT2D eigenvalue weighted by Crippen LogP contribution is -2.49. The third-order valence-corrected chi connectivity index (χ3v) is 6.89. The summed E-state index contributed by atoms with van der Waals surface area (Å²) in [5.74, 6) is 0.174. The molecule has 2 rings (SSSR count). The van der Waals surface area contributed by atoms with E-state index in [1.807, 2.05) is 37.3 Å². The Balaban J connectivity index is 2.10. The van der Waals surface area contributed by atoms with E-state index in [-0.39, 0.29) is 24.8 Å². The zero-order valence-electron chi connectivity index (χ0n) is 21.1. The molecule has 1 unspecified atom stereocenters. The van der Waals surface area contributed by atoms with Crippen LogP contribution in [0.2, 0.25) is 0 Å². The number of amides is 2. The maximum absolute atomic E-state index is 13.2. The van der Waals surface area contributed by atoms with E-state index in [2.05, 4.69) is 5.32 Å². The molecule has 1 atom stereocenters. The topological polar surface area (TPSA) is 96.0 Å². The minimum atomic E-state index is -3.56. The standard InChI is InChI=1S/C26H37N3O5S/c1-5-17-27-26(31)21(2)28(19-16-22-11-7-6-8-12-22)25(30)15-10-18-29(35(4,32)33)23-13-9-14-24(20-23)34-3/h6-9,11-14,20-21H,5,10,15-19H2,1-4H3,(H,27,31). The quantitative estimate of drug-likeness (QED) is 0.427. The van der Waals surface area contributed by atoms with E-state index in [9.17, 15) is 18.0 Å². The van der Waals surface area contributed by atoms with Gasteiger partial charge in [0.25, 0.3) is 0 Å². The SMILES string of the molecule is CCCNC(=O)C(C)N(CCc1ccccc1)C(=O)CCCN(c1cccc(OC)c1)S(C)(=O)=O. The van der Waals surface area contributed by atoms with Crippen LogP contribution in [0, 0.1) is 0 Å². The molecule has 0 aromatic heterocycles. The van der Waals surface area contributed by atoms with Crippen molar-refractivity contribution in [3.05, 3.63) is 60.2 Å². The summed E-state index contributed by atoms with van der Waals surface area (Å²) in [6, 6.07) is 16.0. The molecule has 1 N–H and O–H groups in total. The van der Waals surface area contributed by atoms with Crippen molar-refractivity contribution in [1.82, 2.24) is 10.2 Å². The summed E-state index contributed by atoms with van der Waals surface area (Å²) in [6.45, 7) is 4.79. The first kappa shape index (κ1) is 28.2. The van der Waals surface area contributed by atoms with Crippen molar-refractivity contribution in [2.45, 2.75) is 45.6 Å². The second-order valence-electron chi connectivity index (χ2n) is 8.43. The maximum Gasteiger partial charge on any atom is 0.242 e. The van der Waals surface area contributed by atoms with Gasteiger partial charge in [-0.25, -0.2) is 8.42 Å². The molecule has 35 heavy (non-hydrogen) atoms. The fourth-order valence-corrected chi connectivity index (χ4v) is 4.69. The van der Waals surface area contributed by atoms with Gasteiger partial charge in [-0.05, 0) is 43.9 Å². The Morgan fingerprint density at radius 3 is 2.40 bits per heavy atom. The van der Waals surface area contributed by atoms with E-state index in [1.54, 1.807) is 36.1 Å². The van der Waals surface area contributed by atoms with E-state index >= 15 is 0 Å². The largest absolute Gasteiger partial charge is 0.497 e. The number of carbonyl (C=O) groups is 2. The molecular formula is C26H37N3O5S. The molecule has 0 aliphatic rings. The maximum atomic E-state index is 13.2. The van der Waals surface area contributed by atoms with Crippen LogP contribution in [0.4, 0.5) is 5.69 Å². The summed E-state index contributed by atoms with van der Waals surface area (Å²) in [5, 5.41) is 2.86. The number of rotatable bonds is 14. The first-order valence-electron chi connectivity index (χ1n) is 11.9. The van der Waals surface area contributed by atoms with Crippen LogP contribution in [0.15, 0.2) is 54.6 Å². The highest BCUT2D eigenvalue weighted by Gasteiger charge is 2.26. The van der Waals surface area contributed by atoms with Crippen molar-refractivity contribution in [1.29, 1.82) is 0 Å². The summed E-state index contributed by atoms with van der Waals surface area (Å²) < 4.78 is 31.4. The smallest absolute Gasteiger partial charge is 0.242 e. The summed E-state index contributed by atoms with van der Waals surface area (Å²) in [7, 11) is -2.04. The molecule has 2 aromatic rings. The van der Waals surface area contributed by atoms with E-state index in [0.717, 1.165) is 18.2 Å². The Morgan fingerprint density at radius 1 is 1.06 bits per heavy atom. The molecule has 0 fully saturated rings. The van der Waals surface area contributed by atoms with Gasteiger partial charge in [0.15, 0.2) is 0 Å². The number of ether oxygens (including phenoxy) is 1. The second-order valence-corrected chi connectivity index (χ2v) is 10.3. The molecular weight excluding hydrogens is 466 g/mol. The summed E-state index contributed by atoms with van der Waals surface area (Å²) in [5.41, 5.74) is 1.56. The van der Waals surface area contributed by atoms with Gasteiger partial charge in [-0.3, -0.25) is 13.9 Å². The third kappa shape index (κ3) is 8.90. The molecule has 0 aliphatic carbocycles. The Hall–Kier alpha value is -3.07. The van der Waals surface area contributed by atoms with Gasteiger partial charge < -0.3 is 15.0 Å². The lowest BCUT2D eigenvalue weighted by molar-refractivity contribution is -0.139. The summed E-state index contributed by atoms with van der Waals surface area (Å²) >= 11 is 0. The molecule has 2 amide bonds. The zero-order valence-corrected chi connectivity index (χ0v) is 21.9. The fraction of sp³-hybridized carbons (Fsp3) is 0.462. The first-order chi connectivity index (χ1) is 16.7. The van der Waals surface area contributed by atoms with Crippen LogP contribution in [0.1, 0.15) is 38.7 Å². The van der Waals surface area contributed by atoms with Crippen molar-refractivity contribution < 1.29 is 22.7 Å². The Morgan fingerprint density at radius 2 is 1.77 bits per heavy atom. The van der Waals surface area contributed by atoms with E-state index in [4.69, 9.17) is 4.74 Å². The van der Waals surface area contributed by atoms with E-state index in [1.165, 1.54) is 11.4 Å². The third-order valence-electron chi connectivity index (χ3n) is 5.69. The minimum Gasteiger partial charge on any atom is -0.497 e. The zero-order chi connectivity index (χ0) is 25.8. The second kappa shape index (κ2) is 13.7. The Kier molecular flexibility index (Phi) is 11.0. The van der Waals surface area contributed by atoms with E-state index < -0.39 is 16.1 Å². The minimum absolute atomic E-state index is 0.121. The van der Waals surface area contributed by atoms with Crippen molar-refractivity contribution in [2.75, 3.05) is 37.3 Å². The normalized spacial score (nSPS) is 12.0. The predicted molar refractivity (Wildman–Crippen MR) is 139 cm³/mol. The molecule has 0 radical (unpaired) electrons. The number of benzene rings is 2. The van der Waals surface area contributed by atoms with Crippen molar-refractivity contribution in [3.8, 4) is 5.75 Å². The molecule has 0 saturated carbocycles.